The Kier molecular flexibility index (Phi) is 14.7. The maximum atomic E-state index is 2.42. The van der Waals surface area contributed by atoms with E-state index in [-0.39, 0.29) is 0 Å². The monoisotopic (exact) mass is 694 g/mol. The molecule has 0 amide bonds. The summed E-state index contributed by atoms with van der Waals surface area (Å²) < 4.78 is 1.20. The Labute approximate surface area is 319 Å². The number of quaternary nitrogens is 1. The van der Waals surface area contributed by atoms with E-state index in [2.05, 4.69) is 179 Å². The predicted molar refractivity (Wildman–Crippen MR) is 236 cm³/mol. The molecule has 1 nitrogen and oxygen atoms in total. The number of nitrogens with zero attached hydrogens (tertiary/aromatic N) is 1. The van der Waals surface area contributed by atoms with Gasteiger partial charge in [-0.1, -0.05) is 176 Å². The molecular formula is C50H68BN. The highest BCUT2D eigenvalue weighted by Gasteiger charge is 2.33. The molecule has 276 valence electrons. The van der Waals surface area contributed by atoms with E-state index in [0.29, 0.717) is 0 Å². The van der Waals surface area contributed by atoms with Crippen molar-refractivity contribution in [1.29, 1.82) is 0 Å². The van der Waals surface area contributed by atoms with Crippen LogP contribution in [0.4, 0.5) is 5.69 Å². The quantitative estimate of drug-likeness (QED) is 0.0802. The Morgan fingerprint density at radius 3 is 0.846 bits per heavy atom. The van der Waals surface area contributed by atoms with Crippen LogP contribution in [0.25, 0.3) is 0 Å². The van der Waals surface area contributed by atoms with Gasteiger partial charge in [0.25, 0.3) is 0 Å². The predicted octanol–water partition coefficient (Wildman–Crippen LogP) is 10.9. The number of para-hydroxylation sites is 1. The number of unbranched alkanes of at least 4 members (excludes halogenated alkanes) is 3. The Morgan fingerprint density at radius 2 is 0.615 bits per heavy atom. The number of hydrogen-bond donors (Lipinski definition) is 0. The molecule has 0 heterocycles. The zero-order valence-corrected chi connectivity index (χ0v) is 34.7. The summed E-state index contributed by atoms with van der Waals surface area (Å²) in [5.74, 6) is 0. The molecule has 0 saturated carbocycles. The van der Waals surface area contributed by atoms with Crippen LogP contribution in [0.2, 0.25) is 0 Å². The van der Waals surface area contributed by atoms with E-state index in [4.69, 9.17) is 0 Å². The van der Waals surface area contributed by atoms with Gasteiger partial charge in [0.2, 0.25) is 0 Å². The standard InChI is InChI=1S/C32H36B.C18H32N/c1-21-9-22(2)14-29(13-21)33(30-15-23(3)10-24(4)16-30,31-17-25(5)11-26(6)18-31)32-19-27(7)12-28(8)20-32;1-4-7-15-19(16-8-5-2,17-9-6-3)18-13-11-10-12-14-18/h9-20H,1-8H3;10-14H,4-9,15-17H2,1-3H3/q-1;+1. The van der Waals surface area contributed by atoms with Gasteiger partial charge >= 0.3 is 0 Å². The van der Waals surface area contributed by atoms with Crippen LogP contribution in [-0.4, -0.2) is 25.8 Å². The molecule has 0 fully saturated rings. The maximum absolute atomic E-state index is 2.42. The SMILES string of the molecule is CCCC[N+](CCCC)(CCCC)c1ccccc1.Cc1cc(C)cc([B-](c2cc(C)cc(C)c2)(c2cc(C)cc(C)c2)c2cc(C)cc(C)c2)c1. The normalized spacial score (nSPS) is 11.7. The van der Waals surface area contributed by atoms with Crippen LogP contribution in [0.3, 0.4) is 0 Å². The fourth-order valence-corrected chi connectivity index (χ4v) is 9.04. The molecule has 5 aromatic rings. The average Bonchev–Trinajstić information content (AvgIpc) is 3.08. The van der Waals surface area contributed by atoms with Gasteiger partial charge in [-0.05, 0) is 86.8 Å². The first-order valence-electron chi connectivity index (χ1n) is 20.3. The Hall–Kier alpha value is -3.88. The van der Waals surface area contributed by atoms with Crippen LogP contribution in [0.5, 0.6) is 0 Å². The van der Waals surface area contributed by atoms with Crippen LogP contribution < -0.4 is 26.3 Å². The first-order valence-corrected chi connectivity index (χ1v) is 20.3. The van der Waals surface area contributed by atoms with Crippen molar-refractivity contribution < 1.29 is 0 Å². The lowest BCUT2D eigenvalue weighted by atomic mass is 9.12. The molecule has 5 aromatic carbocycles. The van der Waals surface area contributed by atoms with Crippen LogP contribution >= 0.6 is 0 Å². The zero-order valence-electron chi connectivity index (χ0n) is 34.7. The largest absolute Gasteiger partial charge is 0.291 e. The second kappa shape index (κ2) is 18.7. The van der Waals surface area contributed by atoms with Crippen molar-refractivity contribution in [3.05, 3.63) is 148 Å². The summed E-state index contributed by atoms with van der Waals surface area (Å²) in [6, 6.07) is 39.7. The smallest absolute Gasteiger partial charge is 0.132 e. The van der Waals surface area contributed by atoms with E-state index in [1.807, 2.05) is 0 Å². The Balaban J connectivity index is 0.000000272. The minimum Gasteiger partial charge on any atom is -0.291 e. The average molecular weight is 694 g/mol. The van der Waals surface area contributed by atoms with Gasteiger partial charge in [0.15, 0.2) is 0 Å². The van der Waals surface area contributed by atoms with Gasteiger partial charge in [0, 0.05) is 0 Å². The van der Waals surface area contributed by atoms with Gasteiger partial charge in [-0.25, -0.2) is 0 Å². The van der Waals surface area contributed by atoms with Crippen molar-refractivity contribution in [1.82, 2.24) is 4.48 Å². The van der Waals surface area contributed by atoms with Crippen LogP contribution in [-0.2, 0) is 0 Å². The maximum Gasteiger partial charge on any atom is 0.132 e. The van der Waals surface area contributed by atoms with Gasteiger partial charge in [-0.15, -0.1) is 0 Å². The van der Waals surface area contributed by atoms with Crippen molar-refractivity contribution in [3.8, 4) is 0 Å². The summed E-state index contributed by atoms with van der Waals surface area (Å²) in [6.07, 6.45) is 6.53. The molecular weight excluding hydrogens is 625 g/mol. The molecule has 5 rings (SSSR count). The number of hydrogen-bond acceptors (Lipinski definition) is 0. The van der Waals surface area contributed by atoms with E-state index in [9.17, 15) is 0 Å². The minimum atomic E-state index is -1.37. The first kappa shape index (κ1) is 40.9. The lowest BCUT2D eigenvalue weighted by molar-refractivity contribution is 0.259. The fraction of sp³-hybridized carbons (Fsp3) is 0.400. The number of rotatable bonds is 14. The van der Waals surface area contributed by atoms with Crippen LogP contribution in [0.1, 0.15) is 104 Å². The molecule has 0 radical (unpaired) electrons. The summed E-state index contributed by atoms with van der Waals surface area (Å²) in [5.41, 5.74) is 17.6. The highest BCUT2D eigenvalue weighted by Crippen LogP contribution is 2.26. The fourth-order valence-electron chi connectivity index (χ4n) is 9.04. The molecule has 0 unspecified atom stereocenters. The molecule has 0 aliphatic rings. The Morgan fingerprint density at radius 1 is 0.365 bits per heavy atom. The number of benzene rings is 5. The van der Waals surface area contributed by atoms with Crippen molar-refractivity contribution >= 4 is 33.7 Å². The summed E-state index contributed by atoms with van der Waals surface area (Å²) in [4.78, 5) is 0. The highest BCUT2D eigenvalue weighted by molar-refractivity contribution is 7.20. The van der Waals surface area contributed by atoms with Gasteiger partial charge in [-0.3, -0.25) is 4.48 Å². The lowest BCUT2D eigenvalue weighted by Gasteiger charge is -2.46. The third-order valence-corrected chi connectivity index (χ3v) is 11.1. The highest BCUT2D eigenvalue weighted by atomic mass is 15.4. The lowest BCUT2D eigenvalue weighted by Crippen LogP contribution is -2.75. The molecule has 52 heavy (non-hydrogen) atoms. The van der Waals surface area contributed by atoms with Crippen LogP contribution in [0.15, 0.2) is 103 Å². The minimum absolute atomic E-state index is 1.20. The zero-order chi connectivity index (χ0) is 37.9. The molecule has 0 aromatic heterocycles. The van der Waals surface area contributed by atoms with E-state index >= 15 is 0 Å². The van der Waals surface area contributed by atoms with Gasteiger partial charge in [0.1, 0.15) is 11.8 Å². The van der Waals surface area contributed by atoms with Crippen molar-refractivity contribution in [2.45, 2.75) is 115 Å². The van der Waals surface area contributed by atoms with Gasteiger partial charge in [-0.2, -0.15) is 21.9 Å². The van der Waals surface area contributed by atoms with E-state index in [0.717, 1.165) is 0 Å². The Bertz CT molecular complexity index is 1570. The summed E-state index contributed by atoms with van der Waals surface area (Å²) in [6.45, 7) is 28.6. The van der Waals surface area contributed by atoms with E-state index < -0.39 is 6.15 Å². The molecule has 0 saturated heterocycles. The third-order valence-electron chi connectivity index (χ3n) is 11.1. The summed E-state index contributed by atoms with van der Waals surface area (Å²) >= 11 is 0. The molecule has 0 aliphatic heterocycles. The van der Waals surface area contributed by atoms with E-state index in [1.165, 1.54) is 135 Å². The third kappa shape index (κ3) is 9.96. The van der Waals surface area contributed by atoms with Crippen LogP contribution in [0, 0.1) is 55.4 Å². The molecule has 2 heteroatoms. The van der Waals surface area contributed by atoms with E-state index in [1.54, 1.807) is 0 Å². The molecule has 0 aliphatic carbocycles. The number of aryl methyl sites for hydroxylation is 8. The topological polar surface area (TPSA) is 0 Å². The summed E-state index contributed by atoms with van der Waals surface area (Å²) in [7, 11) is 0. The molecule has 0 spiro atoms. The first-order chi connectivity index (χ1) is 24.9. The molecule has 0 bridgehead atoms. The van der Waals surface area contributed by atoms with Crippen molar-refractivity contribution in [2.75, 3.05) is 19.6 Å². The summed E-state index contributed by atoms with van der Waals surface area (Å²) in [5, 5.41) is 0. The van der Waals surface area contributed by atoms with Crippen molar-refractivity contribution in [3.63, 3.8) is 0 Å². The second-order valence-corrected chi connectivity index (χ2v) is 16.3. The molecule has 0 atom stereocenters. The van der Waals surface area contributed by atoms with Gasteiger partial charge in [0.05, 0.1) is 19.6 Å². The van der Waals surface area contributed by atoms with Crippen molar-refractivity contribution in [2.24, 2.45) is 0 Å². The molecule has 0 N–H and O–H groups in total. The second-order valence-electron chi connectivity index (χ2n) is 16.3. The van der Waals surface area contributed by atoms with Gasteiger partial charge < -0.3 is 0 Å².